The third kappa shape index (κ3) is 8.60. The summed E-state index contributed by atoms with van der Waals surface area (Å²) in [4.78, 5) is 23.6. The van der Waals surface area contributed by atoms with Gasteiger partial charge in [-0.15, -0.1) is 10.2 Å². The zero-order chi connectivity index (χ0) is 28.3. The van der Waals surface area contributed by atoms with Crippen molar-refractivity contribution in [3.05, 3.63) is 71.5 Å². The first-order chi connectivity index (χ1) is 19.4. The van der Waals surface area contributed by atoms with Crippen LogP contribution in [0.15, 0.2) is 60.0 Å². The molecule has 4 rings (SSSR count). The third-order valence-corrected chi connectivity index (χ3v) is 7.72. The zero-order valence-corrected chi connectivity index (χ0v) is 23.2. The SMILES string of the molecule is Cn1cnnc1SC[C@@H]1C[C@H](c2ccc(CO)cc2)O[C@H](c2cccc(NC(=O)CCCCCC(=O)NO)c2)O1. The predicted octanol–water partition coefficient (Wildman–Crippen LogP) is 4.04. The molecule has 1 aliphatic heterocycles. The van der Waals surface area contributed by atoms with Crippen molar-refractivity contribution >= 4 is 29.3 Å². The van der Waals surface area contributed by atoms with Gasteiger partial charge in [0, 0.05) is 43.3 Å². The summed E-state index contributed by atoms with van der Waals surface area (Å²) in [6.45, 7) is -0.0200. The van der Waals surface area contributed by atoms with Crippen LogP contribution >= 0.6 is 11.8 Å². The quantitative estimate of drug-likeness (QED) is 0.104. The van der Waals surface area contributed by atoms with Crippen LogP contribution in [0.5, 0.6) is 0 Å². The number of rotatable bonds is 13. The minimum atomic E-state index is -0.643. The van der Waals surface area contributed by atoms with Crippen LogP contribution in [0, 0.1) is 0 Å². The fourth-order valence-electron chi connectivity index (χ4n) is 4.38. The van der Waals surface area contributed by atoms with Crippen LogP contribution in [0.4, 0.5) is 5.69 Å². The van der Waals surface area contributed by atoms with E-state index in [1.807, 2.05) is 60.1 Å². The van der Waals surface area contributed by atoms with E-state index in [0.29, 0.717) is 43.5 Å². The van der Waals surface area contributed by atoms with Gasteiger partial charge in [-0.2, -0.15) is 0 Å². The third-order valence-electron chi connectivity index (χ3n) is 6.56. The van der Waals surface area contributed by atoms with Crippen molar-refractivity contribution in [1.82, 2.24) is 20.2 Å². The monoisotopic (exact) mass is 569 g/mol. The maximum absolute atomic E-state index is 12.5. The number of aliphatic hydroxyl groups excluding tert-OH is 1. The molecule has 40 heavy (non-hydrogen) atoms. The number of hydrogen-bond donors (Lipinski definition) is 4. The number of thioether (sulfide) groups is 1. The molecule has 12 heteroatoms. The number of hydrogen-bond acceptors (Lipinski definition) is 9. The lowest BCUT2D eigenvalue weighted by molar-refractivity contribution is -0.245. The molecule has 1 aromatic heterocycles. The van der Waals surface area contributed by atoms with Crippen LogP contribution in [0.25, 0.3) is 0 Å². The molecule has 0 spiro atoms. The molecular formula is C28H35N5O6S. The van der Waals surface area contributed by atoms with Gasteiger partial charge in [0.1, 0.15) is 6.33 Å². The van der Waals surface area contributed by atoms with E-state index < -0.39 is 12.2 Å². The van der Waals surface area contributed by atoms with Crippen molar-refractivity contribution in [2.24, 2.45) is 7.05 Å². The van der Waals surface area contributed by atoms with Crippen molar-refractivity contribution in [2.45, 2.75) is 68.8 Å². The van der Waals surface area contributed by atoms with E-state index in [4.69, 9.17) is 14.7 Å². The zero-order valence-electron chi connectivity index (χ0n) is 22.4. The fraction of sp³-hybridized carbons (Fsp3) is 0.429. The molecule has 214 valence electrons. The van der Waals surface area contributed by atoms with Crippen LogP contribution in [0.3, 0.4) is 0 Å². The van der Waals surface area contributed by atoms with Gasteiger partial charge in [-0.3, -0.25) is 14.8 Å². The Morgan fingerprint density at radius 1 is 1.05 bits per heavy atom. The minimum Gasteiger partial charge on any atom is -0.392 e. The number of aliphatic hydroxyl groups is 1. The fourth-order valence-corrected chi connectivity index (χ4v) is 5.29. The number of amides is 2. The average molecular weight is 570 g/mol. The van der Waals surface area contributed by atoms with Crippen LogP contribution in [-0.2, 0) is 32.7 Å². The van der Waals surface area contributed by atoms with Crippen LogP contribution in [0.2, 0.25) is 0 Å². The highest BCUT2D eigenvalue weighted by molar-refractivity contribution is 7.99. The van der Waals surface area contributed by atoms with E-state index in [9.17, 15) is 14.7 Å². The number of ether oxygens (including phenoxy) is 2. The predicted molar refractivity (Wildman–Crippen MR) is 148 cm³/mol. The van der Waals surface area contributed by atoms with Gasteiger partial charge in [-0.1, -0.05) is 54.6 Å². The van der Waals surface area contributed by atoms with Crippen LogP contribution in [-0.4, -0.2) is 48.7 Å². The molecule has 0 bridgehead atoms. The van der Waals surface area contributed by atoms with Gasteiger partial charge in [0.2, 0.25) is 11.8 Å². The molecule has 2 aromatic carbocycles. The molecule has 1 saturated heterocycles. The summed E-state index contributed by atoms with van der Waals surface area (Å²) in [7, 11) is 1.90. The number of carbonyl (C=O) groups is 2. The van der Waals surface area contributed by atoms with E-state index in [0.717, 1.165) is 21.8 Å². The summed E-state index contributed by atoms with van der Waals surface area (Å²) in [6.07, 6.45) is 3.83. The second kappa shape index (κ2) is 14.9. The Bertz CT molecular complexity index is 1250. The maximum atomic E-state index is 12.5. The number of hydroxylamine groups is 1. The molecule has 11 nitrogen and oxygen atoms in total. The second-order valence-electron chi connectivity index (χ2n) is 9.65. The molecule has 1 fully saturated rings. The van der Waals surface area contributed by atoms with Gasteiger partial charge < -0.3 is 24.5 Å². The molecule has 1 aliphatic rings. The molecule has 0 radical (unpaired) electrons. The first kappa shape index (κ1) is 29.7. The summed E-state index contributed by atoms with van der Waals surface area (Å²) in [6, 6.07) is 15.2. The molecule has 2 heterocycles. The lowest BCUT2D eigenvalue weighted by Gasteiger charge is -2.36. The number of carbonyl (C=O) groups excluding carboxylic acids is 2. The van der Waals surface area contributed by atoms with E-state index in [1.165, 1.54) is 0 Å². The molecule has 0 saturated carbocycles. The highest BCUT2D eigenvalue weighted by Crippen LogP contribution is 2.39. The van der Waals surface area contributed by atoms with Gasteiger partial charge in [-0.25, -0.2) is 5.48 Å². The van der Waals surface area contributed by atoms with Crippen molar-refractivity contribution in [3.63, 3.8) is 0 Å². The van der Waals surface area contributed by atoms with Gasteiger partial charge in [-0.05, 0) is 36.1 Å². The maximum Gasteiger partial charge on any atom is 0.243 e. The lowest BCUT2D eigenvalue weighted by atomic mass is 10.0. The van der Waals surface area contributed by atoms with E-state index in [-0.39, 0.29) is 31.1 Å². The first-order valence-electron chi connectivity index (χ1n) is 13.3. The summed E-state index contributed by atoms with van der Waals surface area (Å²) < 4.78 is 14.7. The van der Waals surface area contributed by atoms with Gasteiger partial charge in [0.15, 0.2) is 11.4 Å². The van der Waals surface area contributed by atoms with Gasteiger partial charge in [0.25, 0.3) is 0 Å². The molecule has 0 aliphatic carbocycles. The minimum absolute atomic E-state index is 0.0200. The Labute approximate surface area is 237 Å². The summed E-state index contributed by atoms with van der Waals surface area (Å²) in [5.74, 6) is 0.120. The van der Waals surface area contributed by atoms with Crippen molar-refractivity contribution in [1.29, 1.82) is 0 Å². The average Bonchev–Trinajstić information content (AvgIpc) is 3.40. The molecule has 0 unspecified atom stereocenters. The van der Waals surface area contributed by atoms with Gasteiger partial charge >= 0.3 is 0 Å². The number of nitrogens with zero attached hydrogens (tertiary/aromatic N) is 3. The normalized spacial score (nSPS) is 18.8. The summed E-state index contributed by atoms with van der Waals surface area (Å²) >= 11 is 1.57. The molecular weight excluding hydrogens is 534 g/mol. The number of aryl methyl sites for hydroxylation is 1. The molecule has 2 amide bonds. The highest BCUT2D eigenvalue weighted by atomic mass is 32.2. The Morgan fingerprint density at radius 2 is 1.82 bits per heavy atom. The van der Waals surface area contributed by atoms with Crippen molar-refractivity contribution in [2.75, 3.05) is 11.1 Å². The van der Waals surface area contributed by atoms with E-state index in [1.54, 1.807) is 23.6 Å². The van der Waals surface area contributed by atoms with Crippen LogP contribution in [0.1, 0.15) is 67.6 Å². The summed E-state index contributed by atoms with van der Waals surface area (Å²) in [5, 5.41) is 29.8. The number of nitrogens with one attached hydrogen (secondary N) is 2. The Kier molecular flexibility index (Phi) is 11.1. The van der Waals surface area contributed by atoms with E-state index >= 15 is 0 Å². The number of unbranched alkanes of at least 4 members (excludes halogenated alkanes) is 2. The second-order valence-corrected chi connectivity index (χ2v) is 10.6. The number of aromatic nitrogens is 3. The Morgan fingerprint density at radius 3 is 2.52 bits per heavy atom. The number of anilines is 1. The smallest absolute Gasteiger partial charge is 0.243 e. The topological polar surface area (TPSA) is 148 Å². The highest BCUT2D eigenvalue weighted by Gasteiger charge is 2.32. The number of benzene rings is 2. The van der Waals surface area contributed by atoms with Crippen LogP contribution < -0.4 is 10.8 Å². The Hall–Kier alpha value is -3.29. The Balaban J connectivity index is 1.40. The standard InChI is InChI=1S/C28H35N5O6S/c1-33-18-29-31-28(33)40-17-23-15-24(20-12-10-19(16-34)11-13-20)39-27(38-23)21-6-5-7-22(14-21)30-25(35)8-3-2-4-9-26(36)32-37/h5-7,10-14,18,23-24,27,34,37H,2-4,8-9,15-17H2,1H3,(H,30,35)(H,32,36)/t23-,24+,27+/m0/s1. The molecule has 3 atom stereocenters. The molecule has 3 aromatic rings. The largest absolute Gasteiger partial charge is 0.392 e. The molecule has 4 N–H and O–H groups in total. The summed E-state index contributed by atoms with van der Waals surface area (Å²) in [5.41, 5.74) is 4.88. The van der Waals surface area contributed by atoms with Crippen molar-refractivity contribution in [3.8, 4) is 0 Å². The first-order valence-corrected chi connectivity index (χ1v) is 14.2. The lowest BCUT2D eigenvalue weighted by Crippen LogP contribution is -2.31. The van der Waals surface area contributed by atoms with Gasteiger partial charge in [0.05, 0.1) is 18.8 Å². The van der Waals surface area contributed by atoms with E-state index in [2.05, 4.69) is 15.5 Å². The van der Waals surface area contributed by atoms with Crippen molar-refractivity contribution < 1.29 is 29.4 Å².